The van der Waals surface area contributed by atoms with Gasteiger partial charge in [0.05, 0.1) is 11.1 Å². The van der Waals surface area contributed by atoms with Gasteiger partial charge in [-0.3, -0.25) is 4.79 Å². The highest BCUT2D eigenvalue weighted by Crippen LogP contribution is 2.20. The molecule has 0 atom stereocenters. The smallest absolute Gasteiger partial charge is 0.291 e. The SMILES string of the molecule is CCCOc1ccc(-c2nc3s/c(=C\c4ccc(Cl)cc4)c(=O)n3n2)cc1. The number of hydrogen-bond donors (Lipinski definition) is 0. The van der Waals surface area contributed by atoms with E-state index in [1.807, 2.05) is 42.5 Å². The van der Waals surface area contributed by atoms with Gasteiger partial charge in [-0.25, -0.2) is 0 Å². The number of aromatic nitrogens is 3. The molecule has 0 saturated carbocycles. The molecular formula is C20H16ClN3O2S. The maximum absolute atomic E-state index is 12.6. The van der Waals surface area contributed by atoms with Gasteiger partial charge in [-0.2, -0.15) is 9.50 Å². The number of thiazole rings is 1. The van der Waals surface area contributed by atoms with Crippen molar-refractivity contribution in [2.24, 2.45) is 0 Å². The lowest BCUT2D eigenvalue weighted by molar-refractivity contribution is 0.317. The van der Waals surface area contributed by atoms with Crippen LogP contribution in [0.4, 0.5) is 0 Å². The highest BCUT2D eigenvalue weighted by atomic mass is 35.5. The van der Waals surface area contributed by atoms with E-state index >= 15 is 0 Å². The summed E-state index contributed by atoms with van der Waals surface area (Å²) in [5, 5.41) is 5.03. The molecule has 0 fully saturated rings. The second kappa shape index (κ2) is 7.50. The first-order chi connectivity index (χ1) is 13.1. The van der Waals surface area contributed by atoms with E-state index in [0.717, 1.165) is 23.3 Å². The van der Waals surface area contributed by atoms with Crippen molar-refractivity contribution in [2.75, 3.05) is 6.61 Å². The summed E-state index contributed by atoms with van der Waals surface area (Å²) in [5.41, 5.74) is 1.58. The largest absolute Gasteiger partial charge is 0.494 e. The van der Waals surface area contributed by atoms with Gasteiger partial charge < -0.3 is 4.74 Å². The molecule has 0 radical (unpaired) electrons. The lowest BCUT2D eigenvalue weighted by Gasteiger charge is -2.04. The second-order valence-electron chi connectivity index (χ2n) is 5.97. The number of benzene rings is 2. The molecule has 0 unspecified atom stereocenters. The van der Waals surface area contributed by atoms with Crippen molar-refractivity contribution in [3.8, 4) is 17.1 Å². The molecule has 0 aliphatic heterocycles. The Labute approximate surface area is 164 Å². The van der Waals surface area contributed by atoms with Gasteiger partial charge in [0, 0.05) is 10.6 Å². The lowest BCUT2D eigenvalue weighted by atomic mass is 10.2. The predicted molar refractivity (Wildman–Crippen MR) is 109 cm³/mol. The van der Waals surface area contributed by atoms with E-state index in [-0.39, 0.29) is 5.56 Å². The normalized spacial score (nSPS) is 12.0. The van der Waals surface area contributed by atoms with Crippen LogP contribution in [-0.2, 0) is 0 Å². The van der Waals surface area contributed by atoms with Crippen LogP contribution in [0, 0.1) is 0 Å². The third-order valence-corrected chi connectivity index (χ3v) is 5.15. The fourth-order valence-corrected chi connectivity index (χ4v) is 3.62. The number of rotatable bonds is 5. The summed E-state index contributed by atoms with van der Waals surface area (Å²) in [4.78, 5) is 17.7. The second-order valence-corrected chi connectivity index (χ2v) is 7.42. The van der Waals surface area contributed by atoms with Gasteiger partial charge in [0.1, 0.15) is 5.75 Å². The van der Waals surface area contributed by atoms with Crippen molar-refractivity contribution in [1.82, 2.24) is 14.6 Å². The molecule has 4 rings (SSSR count). The number of fused-ring (bicyclic) bond motifs is 1. The van der Waals surface area contributed by atoms with Crippen LogP contribution in [0.15, 0.2) is 53.3 Å². The Kier molecular flexibility index (Phi) is 4.92. The maximum atomic E-state index is 12.6. The Morgan fingerprint density at radius 2 is 1.89 bits per heavy atom. The van der Waals surface area contributed by atoms with Crippen molar-refractivity contribution in [2.45, 2.75) is 13.3 Å². The molecule has 2 aromatic heterocycles. The summed E-state index contributed by atoms with van der Waals surface area (Å²) in [7, 11) is 0. The Hall–Kier alpha value is -2.70. The van der Waals surface area contributed by atoms with Gasteiger partial charge in [-0.05, 0) is 54.5 Å². The molecule has 0 aliphatic carbocycles. The minimum Gasteiger partial charge on any atom is -0.494 e. The van der Waals surface area contributed by atoms with Gasteiger partial charge in [0.2, 0.25) is 4.96 Å². The Bertz CT molecular complexity index is 1180. The van der Waals surface area contributed by atoms with Gasteiger partial charge >= 0.3 is 0 Å². The molecule has 7 heteroatoms. The Morgan fingerprint density at radius 1 is 1.15 bits per heavy atom. The van der Waals surface area contributed by atoms with Crippen molar-refractivity contribution in [3.63, 3.8) is 0 Å². The van der Waals surface area contributed by atoms with Crippen molar-refractivity contribution in [1.29, 1.82) is 0 Å². The van der Waals surface area contributed by atoms with Gasteiger partial charge in [0.15, 0.2) is 5.82 Å². The molecule has 0 bridgehead atoms. The Balaban J connectivity index is 1.66. The highest BCUT2D eigenvalue weighted by molar-refractivity contribution is 7.15. The van der Waals surface area contributed by atoms with Gasteiger partial charge in [-0.15, -0.1) is 5.10 Å². The molecule has 5 nitrogen and oxygen atoms in total. The van der Waals surface area contributed by atoms with E-state index in [9.17, 15) is 4.79 Å². The molecule has 0 aliphatic rings. The summed E-state index contributed by atoms with van der Waals surface area (Å²) in [6.45, 7) is 2.75. The van der Waals surface area contributed by atoms with Gasteiger partial charge in [0.25, 0.3) is 5.56 Å². The van der Waals surface area contributed by atoms with Crippen LogP contribution >= 0.6 is 22.9 Å². The monoisotopic (exact) mass is 397 g/mol. The molecule has 0 saturated heterocycles. The van der Waals surface area contributed by atoms with Crippen molar-refractivity contribution < 1.29 is 4.74 Å². The number of nitrogens with zero attached hydrogens (tertiary/aromatic N) is 3. The third kappa shape index (κ3) is 3.72. The zero-order chi connectivity index (χ0) is 18.8. The predicted octanol–water partition coefficient (Wildman–Crippen LogP) is 3.81. The molecule has 2 aromatic carbocycles. The zero-order valence-corrected chi connectivity index (χ0v) is 16.1. The van der Waals surface area contributed by atoms with E-state index in [1.54, 1.807) is 12.1 Å². The summed E-state index contributed by atoms with van der Waals surface area (Å²) < 4.78 is 7.52. The minimum atomic E-state index is -0.174. The molecular weight excluding hydrogens is 382 g/mol. The maximum Gasteiger partial charge on any atom is 0.291 e. The van der Waals surface area contributed by atoms with E-state index in [1.165, 1.54) is 15.9 Å². The topological polar surface area (TPSA) is 56.5 Å². The fraction of sp³-hybridized carbons (Fsp3) is 0.150. The fourth-order valence-electron chi connectivity index (χ4n) is 2.59. The first-order valence-electron chi connectivity index (χ1n) is 8.54. The van der Waals surface area contributed by atoms with E-state index < -0.39 is 0 Å². The third-order valence-electron chi connectivity index (χ3n) is 3.93. The van der Waals surface area contributed by atoms with E-state index in [4.69, 9.17) is 16.3 Å². The number of hydrogen-bond acceptors (Lipinski definition) is 5. The first-order valence-corrected chi connectivity index (χ1v) is 9.73. The van der Waals surface area contributed by atoms with E-state index in [2.05, 4.69) is 17.0 Å². The standard InChI is InChI=1S/C20H16ClN3O2S/c1-2-11-26-16-9-5-14(6-10-16)18-22-20-24(23-18)19(25)17(27-20)12-13-3-7-15(21)8-4-13/h3-10,12H,2,11H2,1H3/b17-12-. The van der Waals surface area contributed by atoms with Crippen LogP contribution in [0.3, 0.4) is 0 Å². The summed E-state index contributed by atoms with van der Waals surface area (Å²) in [6.07, 6.45) is 2.78. The first kappa shape index (κ1) is 17.7. The summed E-state index contributed by atoms with van der Waals surface area (Å²) in [5.74, 6) is 1.34. The number of halogens is 1. The molecule has 2 heterocycles. The van der Waals surface area contributed by atoms with Gasteiger partial charge in [-0.1, -0.05) is 42.0 Å². The van der Waals surface area contributed by atoms with Crippen LogP contribution in [0.1, 0.15) is 18.9 Å². The summed E-state index contributed by atoms with van der Waals surface area (Å²) in [6, 6.07) is 14.9. The zero-order valence-electron chi connectivity index (χ0n) is 14.6. The molecule has 0 amide bonds. The van der Waals surface area contributed by atoms with Crippen LogP contribution in [0.2, 0.25) is 5.02 Å². The minimum absolute atomic E-state index is 0.174. The van der Waals surface area contributed by atoms with Crippen LogP contribution in [-0.4, -0.2) is 21.2 Å². The molecule has 136 valence electrons. The summed E-state index contributed by atoms with van der Waals surface area (Å²) >= 11 is 7.21. The number of ether oxygens (including phenoxy) is 1. The van der Waals surface area contributed by atoms with Crippen molar-refractivity contribution in [3.05, 3.63) is 74.0 Å². The highest BCUT2D eigenvalue weighted by Gasteiger charge is 2.12. The van der Waals surface area contributed by atoms with Crippen LogP contribution in [0.5, 0.6) is 5.75 Å². The lowest BCUT2D eigenvalue weighted by Crippen LogP contribution is -2.23. The van der Waals surface area contributed by atoms with Crippen molar-refractivity contribution >= 4 is 34.0 Å². The Morgan fingerprint density at radius 3 is 2.56 bits per heavy atom. The van der Waals surface area contributed by atoms with E-state index in [0.29, 0.717) is 26.9 Å². The average Bonchev–Trinajstić information content (AvgIpc) is 3.22. The molecule has 4 aromatic rings. The van der Waals surface area contributed by atoms with Crippen LogP contribution < -0.4 is 14.8 Å². The molecule has 27 heavy (non-hydrogen) atoms. The molecule has 0 N–H and O–H groups in total. The average molecular weight is 398 g/mol. The quantitative estimate of drug-likeness (QED) is 0.514. The molecule has 0 spiro atoms. The van der Waals surface area contributed by atoms with Crippen LogP contribution in [0.25, 0.3) is 22.4 Å².